The molecule has 27 heavy (non-hydrogen) atoms. The van der Waals surface area contributed by atoms with Gasteiger partial charge in [-0.15, -0.1) is 0 Å². The number of benzene rings is 2. The summed E-state index contributed by atoms with van der Waals surface area (Å²) in [5.41, 5.74) is 3.20. The van der Waals surface area contributed by atoms with E-state index in [1.807, 2.05) is 43.3 Å². The maximum absolute atomic E-state index is 12.2. The van der Waals surface area contributed by atoms with Crippen molar-refractivity contribution >= 4 is 11.6 Å². The average molecular weight is 379 g/mol. The normalized spacial score (nSPS) is 10.9. The third-order valence-electron chi connectivity index (χ3n) is 4.08. The largest absolute Gasteiger partial charge is 0.337 e. The Hall–Kier alpha value is -3.25. The standard InChI is InChI=1S/C20H15ClN4O2/c1-13-6-8-14(9-7-13)17-10-11-19(26)25(23-17)12-18-22-20(24-27-18)15-4-2-3-5-16(15)21/h2-11H,12H2,1H3. The molecule has 134 valence electrons. The first-order valence-electron chi connectivity index (χ1n) is 8.33. The van der Waals surface area contributed by atoms with Crippen molar-refractivity contribution in [2.24, 2.45) is 0 Å². The summed E-state index contributed by atoms with van der Waals surface area (Å²) in [4.78, 5) is 16.5. The lowest BCUT2D eigenvalue weighted by Gasteiger charge is -2.05. The van der Waals surface area contributed by atoms with E-state index in [1.165, 1.54) is 10.7 Å². The molecule has 6 nitrogen and oxygen atoms in total. The zero-order valence-corrected chi connectivity index (χ0v) is 15.2. The number of hydrogen-bond donors (Lipinski definition) is 0. The SMILES string of the molecule is Cc1ccc(-c2ccc(=O)n(Cc3nc(-c4ccccc4Cl)no3)n2)cc1. The molecule has 4 rings (SSSR count). The van der Waals surface area contributed by atoms with Gasteiger partial charge in [0.15, 0.2) is 0 Å². The maximum Gasteiger partial charge on any atom is 0.267 e. The molecule has 0 aliphatic heterocycles. The third kappa shape index (κ3) is 3.66. The first-order valence-corrected chi connectivity index (χ1v) is 8.70. The van der Waals surface area contributed by atoms with E-state index in [4.69, 9.17) is 16.1 Å². The number of halogens is 1. The highest BCUT2D eigenvalue weighted by atomic mass is 35.5. The molecule has 0 radical (unpaired) electrons. The maximum atomic E-state index is 12.2. The van der Waals surface area contributed by atoms with Gasteiger partial charge in [-0.1, -0.05) is 58.7 Å². The van der Waals surface area contributed by atoms with Crippen LogP contribution in [0.4, 0.5) is 0 Å². The molecule has 4 aromatic rings. The fourth-order valence-electron chi connectivity index (χ4n) is 2.64. The number of rotatable bonds is 4. The van der Waals surface area contributed by atoms with E-state index in [2.05, 4.69) is 15.2 Å². The van der Waals surface area contributed by atoms with Crippen LogP contribution in [0.15, 0.2) is 70.0 Å². The molecule has 0 atom stereocenters. The lowest BCUT2D eigenvalue weighted by Crippen LogP contribution is -2.23. The van der Waals surface area contributed by atoms with Gasteiger partial charge >= 0.3 is 0 Å². The van der Waals surface area contributed by atoms with Crippen LogP contribution in [0.25, 0.3) is 22.6 Å². The number of aromatic nitrogens is 4. The highest BCUT2D eigenvalue weighted by molar-refractivity contribution is 6.33. The second-order valence-corrected chi connectivity index (χ2v) is 6.48. The smallest absolute Gasteiger partial charge is 0.267 e. The van der Waals surface area contributed by atoms with Crippen LogP contribution in [0.1, 0.15) is 11.5 Å². The van der Waals surface area contributed by atoms with Crippen LogP contribution in [0.2, 0.25) is 5.02 Å². The zero-order valence-electron chi connectivity index (χ0n) is 14.5. The van der Waals surface area contributed by atoms with E-state index in [0.717, 1.165) is 11.1 Å². The molecule has 0 amide bonds. The molecule has 0 aliphatic carbocycles. The van der Waals surface area contributed by atoms with Crippen molar-refractivity contribution in [3.05, 3.63) is 87.5 Å². The van der Waals surface area contributed by atoms with Gasteiger partial charge in [-0.25, -0.2) is 4.68 Å². The van der Waals surface area contributed by atoms with Crippen LogP contribution in [0.5, 0.6) is 0 Å². The number of aryl methyl sites for hydroxylation is 1. The minimum atomic E-state index is -0.247. The molecule has 0 saturated carbocycles. The van der Waals surface area contributed by atoms with Crippen molar-refractivity contribution < 1.29 is 4.52 Å². The van der Waals surface area contributed by atoms with E-state index in [9.17, 15) is 4.79 Å². The van der Waals surface area contributed by atoms with Crippen LogP contribution >= 0.6 is 11.6 Å². The highest BCUT2D eigenvalue weighted by Gasteiger charge is 2.13. The first-order chi connectivity index (χ1) is 13.1. The van der Waals surface area contributed by atoms with Gasteiger partial charge < -0.3 is 4.52 Å². The van der Waals surface area contributed by atoms with Gasteiger partial charge in [0, 0.05) is 17.2 Å². The second kappa shape index (κ2) is 7.17. The lowest BCUT2D eigenvalue weighted by molar-refractivity contribution is 0.363. The van der Waals surface area contributed by atoms with Gasteiger partial charge in [0.25, 0.3) is 5.56 Å². The van der Waals surface area contributed by atoms with Gasteiger partial charge in [-0.05, 0) is 25.1 Å². The van der Waals surface area contributed by atoms with Crippen LogP contribution in [0.3, 0.4) is 0 Å². The predicted octanol–water partition coefficient (Wildman–Crippen LogP) is 3.97. The third-order valence-corrected chi connectivity index (χ3v) is 4.41. The summed E-state index contributed by atoms with van der Waals surface area (Å²) in [6, 6.07) is 18.3. The van der Waals surface area contributed by atoms with Crippen LogP contribution in [-0.4, -0.2) is 19.9 Å². The molecule has 0 bridgehead atoms. The van der Waals surface area contributed by atoms with Gasteiger partial charge in [-0.3, -0.25) is 4.79 Å². The average Bonchev–Trinajstić information content (AvgIpc) is 3.13. The molecular formula is C20H15ClN4O2. The van der Waals surface area contributed by atoms with Crippen molar-refractivity contribution in [1.82, 2.24) is 19.9 Å². The summed E-state index contributed by atoms with van der Waals surface area (Å²) in [6.07, 6.45) is 0. The fraction of sp³-hybridized carbons (Fsp3) is 0.100. The van der Waals surface area contributed by atoms with Crippen LogP contribution in [-0.2, 0) is 6.54 Å². The van der Waals surface area contributed by atoms with Crippen molar-refractivity contribution in [3.63, 3.8) is 0 Å². The van der Waals surface area contributed by atoms with E-state index >= 15 is 0 Å². The molecule has 0 fully saturated rings. The number of hydrogen-bond acceptors (Lipinski definition) is 5. The highest BCUT2D eigenvalue weighted by Crippen LogP contribution is 2.25. The molecule has 0 unspecified atom stereocenters. The molecular weight excluding hydrogens is 364 g/mol. The Labute approximate surface area is 160 Å². The molecule has 2 heterocycles. The van der Waals surface area contributed by atoms with Crippen molar-refractivity contribution in [2.45, 2.75) is 13.5 Å². The Morgan fingerprint density at radius 1 is 1.04 bits per heavy atom. The van der Waals surface area contributed by atoms with Crippen molar-refractivity contribution in [2.75, 3.05) is 0 Å². The Morgan fingerprint density at radius 2 is 1.81 bits per heavy atom. The summed E-state index contributed by atoms with van der Waals surface area (Å²) >= 11 is 6.16. The minimum absolute atomic E-state index is 0.0794. The summed E-state index contributed by atoms with van der Waals surface area (Å²) in [6.45, 7) is 2.10. The molecule has 0 saturated heterocycles. The summed E-state index contributed by atoms with van der Waals surface area (Å²) in [7, 11) is 0. The Morgan fingerprint density at radius 3 is 2.59 bits per heavy atom. The van der Waals surface area contributed by atoms with E-state index < -0.39 is 0 Å². The van der Waals surface area contributed by atoms with Crippen molar-refractivity contribution in [3.8, 4) is 22.6 Å². The summed E-state index contributed by atoms with van der Waals surface area (Å²) < 4.78 is 6.58. The van der Waals surface area contributed by atoms with Gasteiger partial charge in [0.2, 0.25) is 11.7 Å². The quantitative estimate of drug-likeness (QED) is 0.537. The van der Waals surface area contributed by atoms with Crippen LogP contribution < -0.4 is 5.56 Å². The molecule has 2 aromatic heterocycles. The Kier molecular flexibility index (Phi) is 4.56. The monoisotopic (exact) mass is 378 g/mol. The van der Waals surface area contributed by atoms with E-state index in [-0.39, 0.29) is 18.0 Å². The molecule has 2 aromatic carbocycles. The second-order valence-electron chi connectivity index (χ2n) is 6.07. The van der Waals surface area contributed by atoms with E-state index in [0.29, 0.717) is 22.1 Å². The number of nitrogens with zero attached hydrogens (tertiary/aromatic N) is 4. The van der Waals surface area contributed by atoms with E-state index in [1.54, 1.807) is 18.2 Å². The zero-order chi connectivity index (χ0) is 18.8. The fourth-order valence-corrected chi connectivity index (χ4v) is 2.86. The predicted molar refractivity (Wildman–Crippen MR) is 103 cm³/mol. The van der Waals surface area contributed by atoms with Gasteiger partial charge in [-0.2, -0.15) is 10.1 Å². The minimum Gasteiger partial charge on any atom is -0.337 e. The van der Waals surface area contributed by atoms with Gasteiger partial charge in [0.05, 0.1) is 10.7 Å². The summed E-state index contributed by atoms with van der Waals surface area (Å²) in [5.74, 6) is 0.652. The summed E-state index contributed by atoms with van der Waals surface area (Å²) in [5, 5.41) is 8.90. The van der Waals surface area contributed by atoms with Gasteiger partial charge in [0.1, 0.15) is 6.54 Å². The molecule has 7 heteroatoms. The molecule has 0 N–H and O–H groups in total. The molecule has 0 spiro atoms. The Balaban J connectivity index is 1.63. The van der Waals surface area contributed by atoms with Crippen LogP contribution in [0, 0.1) is 6.92 Å². The lowest BCUT2D eigenvalue weighted by atomic mass is 10.1. The molecule has 0 aliphatic rings. The first kappa shape index (κ1) is 17.2. The topological polar surface area (TPSA) is 73.8 Å². The van der Waals surface area contributed by atoms with Crippen molar-refractivity contribution in [1.29, 1.82) is 0 Å². The Bertz CT molecular complexity index is 1150.